The van der Waals surface area contributed by atoms with Crippen LogP contribution in [0.3, 0.4) is 0 Å². The van der Waals surface area contributed by atoms with E-state index in [1.54, 1.807) is 0 Å². The van der Waals surface area contributed by atoms with Crippen LogP contribution in [0, 0.1) is 5.92 Å². The third-order valence-electron chi connectivity index (χ3n) is 4.43. The second-order valence-electron chi connectivity index (χ2n) is 6.70. The molecular weight excluding hydrogens is 350 g/mol. The molecule has 1 saturated heterocycles. The highest BCUT2D eigenvalue weighted by atomic mass is 35.5. The Hall–Kier alpha value is -1.30. The Balaban J connectivity index is 1.69. The van der Waals surface area contributed by atoms with Crippen molar-refractivity contribution in [2.75, 3.05) is 46.6 Å². The summed E-state index contributed by atoms with van der Waals surface area (Å²) in [7, 11) is 2.05. The maximum atomic E-state index is 5.95. The lowest BCUT2D eigenvalue weighted by molar-refractivity contribution is 0.0205. The number of nitrogens with zero attached hydrogens (tertiary/aromatic N) is 2. The molecular formula is C20H32ClN3O2. The summed E-state index contributed by atoms with van der Waals surface area (Å²) >= 11 is 5.95. The van der Waals surface area contributed by atoms with Gasteiger partial charge in [0.15, 0.2) is 5.96 Å². The lowest BCUT2D eigenvalue weighted by atomic mass is 10.0. The number of rotatable bonds is 9. The molecule has 0 aromatic heterocycles. The van der Waals surface area contributed by atoms with Gasteiger partial charge in [-0.1, -0.05) is 23.7 Å². The minimum absolute atomic E-state index is 0.662. The average molecular weight is 382 g/mol. The Morgan fingerprint density at radius 1 is 1.31 bits per heavy atom. The van der Waals surface area contributed by atoms with Gasteiger partial charge in [0.1, 0.15) is 0 Å². The summed E-state index contributed by atoms with van der Waals surface area (Å²) in [6, 6.07) is 7.94. The van der Waals surface area contributed by atoms with Crippen molar-refractivity contribution in [3.8, 4) is 0 Å². The highest BCUT2D eigenvalue weighted by Crippen LogP contribution is 2.14. The van der Waals surface area contributed by atoms with Crippen LogP contribution >= 0.6 is 11.6 Å². The predicted molar refractivity (Wildman–Crippen MR) is 108 cm³/mol. The first-order chi connectivity index (χ1) is 12.7. The Morgan fingerprint density at radius 3 is 2.73 bits per heavy atom. The second-order valence-corrected chi connectivity index (χ2v) is 7.14. The SMILES string of the molecule is CCNC(=NCCCOCC1CCOCC1)N(C)Cc1ccc(Cl)cc1. The van der Waals surface area contributed by atoms with Crippen molar-refractivity contribution in [3.05, 3.63) is 34.9 Å². The van der Waals surface area contributed by atoms with Crippen molar-refractivity contribution in [1.82, 2.24) is 10.2 Å². The van der Waals surface area contributed by atoms with Gasteiger partial charge in [-0.3, -0.25) is 4.99 Å². The quantitative estimate of drug-likeness (QED) is 0.403. The van der Waals surface area contributed by atoms with Gasteiger partial charge in [0.25, 0.3) is 0 Å². The van der Waals surface area contributed by atoms with E-state index in [1.165, 1.54) is 5.56 Å². The summed E-state index contributed by atoms with van der Waals surface area (Å²) in [6.45, 7) is 7.87. The van der Waals surface area contributed by atoms with E-state index in [4.69, 9.17) is 26.1 Å². The number of ether oxygens (including phenoxy) is 2. The summed E-state index contributed by atoms with van der Waals surface area (Å²) in [4.78, 5) is 6.85. The van der Waals surface area contributed by atoms with Crippen LogP contribution in [0.5, 0.6) is 0 Å². The van der Waals surface area contributed by atoms with Crippen molar-refractivity contribution < 1.29 is 9.47 Å². The van der Waals surface area contributed by atoms with Crippen LogP contribution in [0.2, 0.25) is 5.02 Å². The van der Waals surface area contributed by atoms with E-state index in [1.807, 2.05) is 24.3 Å². The molecule has 1 aromatic carbocycles. The Morgan fingerprint density at radius 2 is 2.04 bits per heavy atom. The number of aliphatic imine (C=N–C) groups is 1. The first-order valence-electron chi connectivity index (χ1n) is 9.58. The number of benzene rings is 1. The monoisotopic (exact) mass is 381 g/mol. The van der Waals surface area contributed by atoms with Gasteiger partial charge in [-0.05, 0) is 49.8 Å². The third kappa shape index (κ3) is 7.94. The van der Waals surface area contributed by atoms with Gasteiger partial charge in [0, 0.05) is 58.1 Å². The number of halogens is 1. The van der Waals surface area contributed by atoms with Crippen molar-refractivity contribution in [2.24, 2.45) is 10.9 Å². The minimum atomic E-state index is 0.662. The fourth-order valence-corrected chi connectivity index (χ4v) is 3.05. The largest absolute Gasteiger partial charge is 0.381 e. The van der Waals surface area contributed by atoms with E-state index in [2.05, 4.69) is 24.2 Å². The van der Waals surface area contributed by atoms with Crippen LogP contribution in [-0.2, 0) is 16.0 Å². The number of guanidine groups is 1. The van der Waals surface area contributed by atoms with Gasteiger partial charge < -0.3 is 19.7 Å². The summed E-state index contributed by atoms with van der Waals surface area (Å²) in [5.41, 5.74) is 1.21. The van der Waals surface area contributed by atoms with Crippen LogP contribution in [0.4, 0.5) is 0 Å². The molecule has 1 fully saturated rings. The molecule has 2 rings (SSSR count). The van der Waals surface area contributed by atoms with E-state index >= 15 is 0 Å². The molecule has 0 radical (unpaired) electrons. The van der Waals surface area contributed by atoms with E-state index in [-0.39, 0.29) is 0 Å². The summed E-state index contributed by atoms with van der Waals surface area (Å²) in [6.07, 6.45) is 3.18. The molecule has 0 saturated carbocycles. The molecule has 0 unspecified atom stereocenters. The fourth-order valence-electron chi connectivity index (χ4n) is 2.92. The van der Waals surface area contributed by atoms with Gasteiger partial charge in [-0.15, -0.1) is 0 Å². The zero-order valence-electron chi connectivity index (χ0n) is 16.0. The molecule has 0 spiro atoms. The zero-order chi connectivity index (χ0) is 18.6. The summed E-state index contributed by atoms with van der Waals surface area (Å²) < 4.78 is 11.2. The zero-order valence-corrected chi connectivity index (χ0v) is 16.8. The summed E-state index contributed by atoms with van der Waals surface area (Å²) in [5, 5.41) is 4.11. The van der Waals surface area contributed by atoms with Gasteiger partial charge >= 0.3 is 0 Å². The van der Waals surface area contributed by atoms with E-state index in [0.717, 1.165) is 76.3 Å². The standard InChI is InChI=1S/C20H32ClN3O2/c1-3-22-20(24(2)15-17-5-7-19(21)8-6-17)23-11-4-12-26-16-18-9-13-25-14-10-18/h5-8,18H,3-4,9-16H2,1-2H3,(H,22,23). The van der Waals surface area contributed by atoms with Gasteiger partial charge in [-0.2, -0.15) is 0 Å². The number of hydrogen-bond acceptors (Lipinski definition) is 3. The average Bonchev–Trinajstić information content (AvgIpc) is 2.66. The van der Waals surface area contributed by atoms with Crippen molar-refractivity contribution >= 4 is 17.6 Å². The van der Waals surface area contributed by atoms with Gasteiger partial charge in [-0.25, -0.2) is 0 Å². The Labute approximate surface area is 162 Å². The molecule has 1 heterocycles. The van der Waals surface area contributed by atoms with Crippen LogP contribution < -0.4 is 5.32 Å². The molecule has 0 amide bonds. The van der Waals surface area contributed by atoms with Crippen molar-refractivity contribution in [2.45, 2.75) is 32.7 Å². The lowest BCUT2D eigenvalue weighted by Gasteiger charge is -2.22. The smallest absolute Gasteiger partial charge is 0.193 e. The molecule has 6 heteroatoms. The fraction of sp³-hybridized carbons (Fsp3) is 0.650. The molecule has 1 aliphatic rings. The van der Waals surface area contributed by atoms with E-state index in [9.17, 15) is 0 Å². The molecule has 1 aromatic rings. The molecule has 0 aliphatic carbocycles. The Bertz CT molecular complexity index is 530. The maximum Gasteiger partial charge on any atom is 0.193 e. The van der Waals surface area contributed by atoms with Crippen LogP contribution in [0.25, 0.3) is 0 Å². The van der Waals surface area contributed by atoms with Crippen molar-refractivity contribution in [1.29, 1.82) is 0 Å². The molecule has 26 heavy (non-hydrogen) atoms. The van der Waals surface area contributed by atoms with Crippen LogP contribution in [-0.4, -0.2) is 57.4 Å². The van der Waals surface area contributed by atoms with Crippen LogP contribution in [0.15, 0.2) is 29.3 Å². The van der Waals surface area contributed by atoms with Gasteiger partial charge in [0.05, 0.1) is 0 Å². The molecule has 1 N–H and O–H groups in total. The maximum absolute atomic E-state index is 5.95. The third-order valence-corrected chi connectivity index (χ3v) is 4.68. The predicted octanol–water partition coefficient (Wildman–Crippen LogP) is 3.57. The second kappa shape index (κ2) is 12.2. The number of nitrogens with one attached hydrogen (secondary N) is 1. The minimum Gasteiger partial charge on any atom is -0.381 e. The van der Waals surface area contributed by atoms with E-state index in [0.29, 0.717) is 5.92 Å². The Kier molecular flexibility index (Phi) is 9.82. The highest BCUT2D eigenvalue weighted by molar-refractivity contribution is 6.30. The first kappa shape index (κ1) is 21.0. The molecule has 5 nitrogen and oxygen atoms in total. The topological polar surface area (TPSA) is 46.1 Å². The van der Waals surface area contributed by atoms with Crippen molar-refractivity contribution in [3.63, 3.8) is 0 Å². The molecule has 0 bridgehead atoms. The van der Waals surface area contributed by atoms with Gasteiger partial charge in [0.2, 0.25) is 0 Å². The van der Waals surface area contributed by atoms with Crippen LogP contribution in [0.1, 0.15) is 31.7 Å². The van der Waals surface area contributed by atoms with E-state index < -0.39 is 0 Å². The molecule has 146 valence electrons. The molecule has 0 atom stereocenters. The first-order valence-corrected chi connectivity index (χ1v) is 9.96. The normalized spacial score (nSPS) is 15.9. The summed E-state index contributed by atoms with van der Waals surface area (Å²) in [5.74, 6) is 1.59. The lowest BCUT2D eigenvalue weighted by Crippen LogP contribution is -2.38. The molecule has 1 aliphatic heterocycles. The highest BCUT2D eigenvalue weighted by Gasteiger charge is 2.13. The number of hydrogen-bond donors (Lipinski definition) is 1.